The van der Waals surface area contributed by atoms with Crippen molar-refractivity contribution in [1.29, 1.82) is 0 Å². The van der Waals surface area contributed by atoms with Gasteiger partial charge in [0, 0.05) is 26.1 Å². The van der Waals surface area contributed by atoms with Crippen LogP contribution in [0.1, 0.15) is 57.8 Å². The number of nitrogens with zero attached hydrogens (tertiary/aromatic N) is 1. The van der Waals surface area contributed by atoms with E-state index in [1.54, 1.807) is 0 Å². The van der Waals surface area contributed by atoms with Gasteiger partial charge in [0.1, 0.15) is 0 Å². The number of hydrogen-bond acceptors (Lipinski definition) is 2. The fourth-order valence-electron chi connectivity index (χ4n) is 3.32. The van der Waals surface area contributed by atoms with Gasteiger partial charge in [-0.05, 0) is 38.1 Å². The molecule has 2 rings (SSSR count). The zero-order chi connectivity index (χ0) is 12.8. The molecule has 1 amide bonds. The summed E-state index contributed by atoms with van der Waals surface area (Å²) in [6.07, 6.45) is 11.2. The van der Waals surface area contributed by atoms with Crippen molar-refractivity contribution < 1.29 is 4.79 Å². The van der Waals surface area contributed by atoms with E-state index in [4.69, 9.17) is 0 Å². The number of carbonyl (C=O) groups excluding carboxylic acids is 1. The molecular formula is C15H28N2O. The van der Waals surface area contributed by atoms with Crippen molar-refractivity contribution in [3.63, 3.8) is 0 Å². The van der Waals surface area contributed by atoms with Gasteiger partial charge in [-0.2, -0.15) is 0 Å². The van der Waals surface area contributed by atoms with E-state index in [9.17, 15) is 4.79 Å². The first-order valence-electron chi connectivity index (χ1n) is 7.73. The molecule has 18 heavy (non-hydrogen) atoms. The molecule has 1 aliphatic heterocycles. The highest BCUT2D eigenvalue weighted by molar-refractivity contribution is 5.76. The van der Waals surface area contributed by atoms with Crippen LogP contribution in [0.4, 0.5) is 0 Å². The van der Waals surface area contributed by atoms with Crippen LogP contribution in [0.2, 0.25) is 0 Å². The first kappa shape index (κ1) is 13.9. The summed E-state index contributed by atoms with van der Waals surface area (Å²) in [5.74, 6) is 1.01. The van der Waals surface area contributed by atoms with Gasteiger partial charge in [0.2, 0.25) is 5.91 Å². The quantitative estimate of drug-likeness (QED) is 0.780. The first-order valence-corrected chi connectivity index (χ1v) is 7.73. The first-order chi connectivity index (χ1) is 8.75. The van der Waals surface area contributed by atoms with Crippen LogP contribution in [0, 0.1) is 5.92 Å². The van der Waals surface area contributed by atoms with Crippen LogP contribution in [0.25, 0.3) is 0 Å². The summed E-state index contributed by atoms with van der Waals surface area (Å²) in [7, 11) is 1.97. The largest absolute Gasteiger partial charge is 0.344 e. The van der Waals surface area contributed by atoms with E-state index in [0.29, 0.717) is 17.9 Å². The van der Waals surface area contributed by atoms with Crippen LogP contribution < -0.4 is 5.32 Å². The molecular weight excluding hydrogens is 224 g/mol. The highest BCUT2D eigenvalue weighted by Gasteiger charge is 2.21. The van der Waals surface area contributed by atoms with Gasteiger partial charge in [0.25, 0.3) is 0 Å². The molecule has 1 aliphatic carbocycles. The lowest BCUT2D eigenvalue weighted by atomic mass is 9.96. The fourth-order valence-corrected chi connectivity index (χ4v) is 3.32. The zero-order valence-electron chi connectivity index (χ0n) is 11.8. The molecule has 2 fully saturated rings. The van der Waals surface area contributed by atoms with Gasteiger partial charge in [0.15, 0.2) is 0 Å². The minimum atomic E-state index is 0.357. The maximum absolute atomic E-state index is 12.2. The van der Waals surface area contributed by atoms with Crippen LogP contribution in [0.5, 0.6) is 0 Å². The Hall–Kier alpha value is -0.570. The summed E-state index contributed by atoms with van der Waals surface area (Å²) in [4.78, 5) is 14.2. The van der Waals surface area contributed by atoms with Gasteiger partial charge in [-0.3, -0.25) is 4.79 Å². The van der Waals surface area contributed by atoms with E-state index in [-0.39, 0.29) is 0 Å². The summed E-state index contributed by atoms with van der Waals surface area (Å²) in [6.45, 7) is 2.01. The second-order valence-corrected chi connectivity index (χ2v) is 6.13. The molecule has 2 aliphatic rings. The standard InChI is InChI=1S/C15H28N2O/c1-17(12-14-9-6-10-16-14)15(18)11-13-7-4-2-3-5-8-13/h13-14,16H,2-12H2,1H3. The van der Waals surface area contributed by atoms with Crippen molar-refractivity contribution in [2.45, 2.75) is 63.8 Å². The van der Waals surface area contributed by atoms with Crippen molar-refractivity contribution in [3.8, 4) is 0 Å². The number of carbonyl (C=O) groups is 1. The molecule has 1 unspecified atom stereocenters. The zero-order valence-corrected chi connectivity index (χ0v) is 11.8. The van der Waals surface area contributed by atoms with Gasteiger partial charge in [-0.15, -0.1) is 0 Å². The predicted octanol–water partition coefficient (Wildman–Crippen LogP) is 2.56. The fraction of sp³-hybridized carbons (Fsp3) is 0.933. The molecule has 1 atom stereocenters. The van der Waals surface area contributed by atoms with E-state index in [1.165, 1.54) is 51.4 Å². The highest BCUT2D eigenvalue weighted by Crippen LogP contribution is 2.25. The Balaban J connectivity index is 1.71. The normalized spacial score (nSPS) is 25.9. The van der Waals surface area contributed by atoms with E-state index in [2.05, 4.69) is 5.32 Å². The maximum atomic E-state index is 12.2. The summed E-state index contributed by atoms with van der Waals surface area (Å²) in [6, 6.07) is 0.535. The van der Waals surface area contributed by atoms with E-state index in [0.717, 1.165) is 19.5 Å². The molecule has 1 saturated heterocycles. The number of rotatable bonds is 4. The second kappa shape index (κ2) is 7.13. The predicted molar refractivity (Wildman–Crippen MR) is 74.5 cm³/mol. The van der Waals surface area contributed by atoms with Crippen LogP contribution in [0.3, 0.4) is 0 Å². The number of hydrogen-bond donors (Lipinski definition) is 1. The second-order valence-electron chi connectivity index (χ2n) is 6.13. The lowest BCUT2D eigenvalue weighted by molar-refractivity contribution is -0.131. The summed E-state index contributed by atoms with van der Waals surface area (Å²) >= 11 is 0. The van der Waals surface area contributed by atoms with Crippen LogP contribution in [-0.4, -0.2) is 37.0 Å². The monoisotopic (exact) mass is 252 g/mol. The molecule has 0 spiro atoms. The lowest BCUT2D eigenvalue weighted by Crippen LogP contribution is -2.39. The molecule has 0 radical (unpaired) electrons. The van der Waals surface area contributed by atoms with Crippen LogP contribution in [0.15, 0.2) is 0 Å². The highest BCUT2D eigenvalue weighted by atomic mass is 16.2. The number of amides is 1. The van der Waals surface area contributed by atoms with Crippen LogP contribution >= 0.6 is 0 Å². The Labute approximate surface area is 111 Å². The third-order valence-corrected chi connectivity index (χ3v) is 4.52. The Morgan fingerprint density at radius 2 is 1.83 bits per heavy atom. The number of nitrogens with one attached hydrogen (secondary N) is 1. The van der Waals surface area contributed by atoms with E-state index in [1.807, 2.05) is 11.9 Å². The summed E-state index contributed by atoms with van der Waals surface area (Å²) in [5, 5.41) is 3.46. The smallest absolute Gasteiger partial charge is 0.222 e. The molecule has 0 aromatic heterocycles. The molecule has 1 N–H and O–H groups in total. The maximum Gasteiger partial charge on any atom is 0.222 e. The average molecular weight is 252 g/mol. The molecule has 1 heterocycles. The summed E-state index contributed by atoms with van der Waals surface area (Å²) < 4.78 is 0. The molecule has 0 aromatic rings. The summed E-state index contributed by atoms with van der Waals surface area (Å²) in [5.41, 5.74) is 0. The average Bonchev–Trinajstić information content (AvgIpc) is 2.72. The van der Waals surface area contributed by atoms with Gasteiger partial charge in [-0.1, -0.05) is 25.7 Å². The van der Waals surface area contributed by atoms with Crippen molar-refractivity contribution >= 4 is 5.91 Å². The molecule has 3 heteroatoms. The van der Waals surface area contributed by atoms with Crippen molar-refractivity contribution in [2.24, 2.45) is 5.92 Å². The molecule has 3 nitrogen and oxygen atoms in total. The third-order valence-electron chi connectivity index (χ3n) is 4.52. The van der Waals surface area contributed by atoms with Gasteiger partial charge in [-0.25, -0.2) is 0 Å². The van der Waals surface area contributed by atoms with Crippen LogP contribution in [-0.2, 0) is 4.79 Å². The molecule has 104 valence electrons. The lowest BCUT2D eigenvalue weighted by Gasteiger charge is -2.23. The van der Waals surface area contributed by atoms with E-state index >= 15 is 0 Å². The molecule has 0 bridgehead atoms. The molecule has 0 aromatic carbocycles. The van der Waals surface area contributed by atoms with Gasteiger partial charge < -0.3 is 10.2 Å². The van der Waals surface area contributed by atoms with Gasteiger partial charge in [0.05, 0.1) is 0 Å². The minimum Gasteiger partial charge on any atom is -0.344 e. The minimum absolute atomic E-state index is 0.357. The Bertz CT molecular complexity index is 253. The molecule has 1 saturated carbocycles. The Kier molecular flexibility index (Phi) is 5.48. The van der Waals surface area contributed by atoms with Crippen molar-refractivity contribution in [3.05, 3.63) is 0 Å². The van der Waals surface area contributed by atoms with Gasteiger partial charge >= 0.3 is 0 Å². The topological polar surface area (TPSA) is 32.3 Å². The number of likely N-dealkylation sites (N-methyl/N-ethyl adjacent to an activating group) is 1. The van der Waals surface area contributed by atoms with Crippen molar-refractivity contribution in [2.75, 3.05) is 20.1 Å². The third kappa shape index (κ3) is 4.27. The Morgan fingerprint density at radius 3 is 2.44 bits per heavy atom. The van der Waals surface area contributed by atoms with E-state index < -0.39 is 0 Å². The Morgan fingerprint density at radius 1 is 1.11 bits per heavy atom. The SMILES string of the molecule is CN(CC1CCCN1)C(=O)CC1CCCCCC1. The van der Waals surface area contributed by atoms with Crippen molar-refractivity contribution in [1.82, 2.24) is 10.2 Å².